The predicted molar refractivity (Wildman–Crippen MR) is 52.7 cm³/mol. The molecule has 0 spiro atoms. The van der Waals surface area contributed by atoms with Crippen molar-refractivity contribution in [2.75, 3.05) is 11.5 Å². The second kappa shape index (κ2) is 3.99. The Labute approximate surface area is 81.5 Å². The minimum atomic E-state index is -0.868. The Kier molecular flexibility index (Phi) is 2.95. The minimum absolute atomic E-state index is 0.0177. The molecule has 0 atom stereocenters. The van der Waals surface area contributed by atoms with Crippen molar-refractivity contribution in [3.63, 3.8) is 0 Å². The predicted octanol–water partition coefficient (Wildman–Crippen LogP) is 0.0846. The average Bonchev–Trinajstić information content (AvgIpc) is 2.39. The summed E-state index contributed by atoms with van der Waals surface area (Å²) < 4.78 is 1.56. The fourth-order valence-electron chi connectivity index (χ4n) is 1.26. The Balaban J connectivity index is 2.85. The van der Waals surface area contributed by atoms with E-state index in [4.69, 9.17) is 16.6 Å². The number of aryl methyl sites for hydroxylation is 1. The third-order valence-corrected chi connectivity index (χ3v) is 2.01. The number of aliphatic carboxylic acids is 1. The molecule has 1 rings (SSSR count). The molecule has 14 heavy (non-hydrogen) atoms. The molecule has 1 heterocycles. The summed E-state index contributed by atoms with van der Waals surface area (Å²) in [5.74, 6) is -0.0788. The van der Waals surface area contributed by atoms with Gasteiger partial charge in [0.2, 0.25) is 0 Å². The average molecular weight is 198 g/mol. The topological polar surface area (TPSA) is 107 Å². The first-order valence-electron chi connectivity index (χ1n) is 4.38. The number of hydrogen-bond acceptors (Lipinski definition) is 4. The van der Waals surface area contributed by atoms with Crippen molar-refractivity contribution in [1.29, 1.82) is 0 Å². The summed E-state index contributed by atoms with van der Waals surface area (Å²) >= 11 is 0. The van der Waals surface area contributed by atoms with Crippen LogP contribution >= 0.6 is 0 Å². The van der Waals surface area contributed by atoms with Crippen molar-refractivity contribution < 1.29 is 9.90 Å². The van der Waals surface area contributed by atoms with Crippen LogP contribution in [0.25, 0.3) is 0 Å². The van der Waals surface area contributed by atoms with Gasteiger partial charge in [-0.1, -0.05) is 0 Å². The second-order valence-electron chi connectivity index (χ2n) is 2.96. The van der Waals surface area contributed by atoms with Crippen LogP contribution in [0.4, 0.5) is 11.6 Å². The summed E-state index contributed by atoms with van der Waals surface area (Å²) in [6.07, 6.45) is 0.344. The number of rotatable bonds is 4. The summed E-state index contributed by atoms with van der Waals surface area (Å²) in [4.78, 5) is 10.4. The lowest BCUT2D eigenvalue weighted by Crippen LogP contribution is -2.04. The number of aromatic nitrogens is 2. The number of nitrogens with two attached hydrogens (primary N) is 2. The molecule has 0 aromatic carbocycles. The van der Waals surface area contributed by atoms with E-state index in [0.29, 0.717) is 30.2 Å². The lowest BCUT2D eigenvalue weighted by Gasteiger charge is -2.00. The number of anilines is 2. The summed E-state index contributed by atoms with van der Waals surface area (Å²) in [6.45, 7) is 2.52. The molecule has 5 N–H and O–H groups in total. The van der Waals surface area contributed by atoms with Crippen LogP contribution in [0.3, 0.4) is 0 Å². The van der Waals surface area contributed by atoms with E-state index in [2.05, 4.69) is 5.10 Å². The molecule has 0 amide bonds. The third-order valence-electron chi connectivity index (χ3n) is 2.01. The quantitative estimate of drug-likeness (QED) is 0.635. The van der Waals surface area contributed by atoms with Gasteiger partial charge in [0.1, 0.15) is 5.82 Å². The van der Waals surface area contributed by atoms with Crippen LogP contribution in [-0.4, -0.2) is 20.9 Å². The Morgan fingerprint density at radius 2 is 2.21 bits per heavy atom. The van der Waals surface area contributed by atoms with Crippen LogP contribution < -0.4 is 11.5 Å². The van der Waals surface area contributed by atoms with Crippen molar-refractivity contribution in [3.05, 3.63) is 5.56 Å². The van der Waals surface area contributed by atoms with E-state index in [1.165, 1.54) is 0 Å². The molecule has 0 fully saturated rings. The highest BCUT2D eigenvalue weighted by atomic mass is 16.4. The maximum absolute atomic E-state index is 10.4. The maximum atomic E-state index is 10.4. The third kappa shape index (κ3) is 1.95. The lowest BCUT2D eigenvalue weighted by molar-refractivity contribution is -0.136. The van der Waals surface area contributed by atoms with E-state index in [1.807, 2.05) is 6.92 Å². The molecule has 0 saturated carbocycles. The minimum Gasteiger partial charge on any atom is -0.481 e. The van der Waals surface area contributed by atoms with Gasteiger partial charge in [-0.3, -0.25) is 4.79 Å². The van der Waals surface area contributed by atoms with Gasteiger partial charge in [0.15, 0.2) is 5.82 Å². The Morgan fingerprint density at radius 1 is 1.57 bits per heavy atom. The number of carboxylic acid groups (broad SMARTS) is 1. The normalized spacial score (nSPS) is 10.4. The molecule has 0 unspecified atom stereocenters. The number of hydrogen-bond donors (Lipinski definition) is 3. The van der Waals surface area contributed by atoms with Crippen molar-refractivity contribution in [1.82, 2.24) is 9.78 Å². The molecule has 1 aromatic rings. The van der Waals surface area contributed by atoms with Gasteiger partial charge in [0.25, 0.3) is 0 Å². The van der Waals surface area contributed by atoms with E-state index in [9.17, 15) is 4.79 Å². The largest absolute Gasteiger partial charge is 0.481 e. The van der Waals surface area contributed by atoms with Crippen LogP contribution in [-0.2, 0) is 17.8 Å². The first-order chi connectivity index (χ1) is 6.56. The zero-order valence-electron chi connectivity index (χ0n) is 8.03. The summed E-state index contributed by atoms with van der Waals surface area (Å²) in [7, 11) is 0. The molecular formula is C8H14N4O2. The van der Waals surface area contributed by atoms with E-state index in [-0.39, 0.29) is 6.42 Å². The van der Waals surface area contributed by atoms with E-state index in [0.717, 1.165) is 0 Å². The summed E-state index contributed by atoms with van der Waals surface area (Å²) in [5, 5.41) is 12.5. The monoisotopic (exact) mass is 198 g/mol. The summed E-state index contributed by atoms with van der Waals surface area (Å²) in [5.41, 5.74) is 12.0. The van der Waals surface area contributed by atoms with Crippen molar-refractivity contribution >= 4 is 17.6 Å². The zero-order chi connectivity index (χ0) is 10.7. The molecule has 78 valence electrons. The van der Waals surface area contributed by atoms with Crippen molar-refractivity contribution in [2.24, 2.45) is 0 Å². The molecule has 6 heteroatoms. The Morgan fingerprint density at radius 3 is 2.64 bits per heavy atom. The van der Waals surface area contributed by atoms with Gasteiger partial charge in [-0.25, -0.2) is 4.68 Å². The van der Waals surface area contributed by atoms with Crippen molar-refractivity contribution in [3.8, 4) is 0 Å². The van der Waals surface area contributed by atoms with Crippen LogP contribution in [0, 0.1) is 0 Å². The molecule has 6 nitrogen and oxygen atoms in total. The van der Waals surface area contributed by atoms with Gasteiger partial charge in [0.05, 0.1) is 0 Å². The summed E-state index contributed by atoms with van der Waals surface area (Å²) in [6, 6.07) is 0. The lowest BCUT2D eigenvalue weighted by atomic mass is 10.1. The van der Waals surface area contributed by atoms with Crippen LogP contribution in [0.15, 0.2) is 0 Å². The number of nitrogen functional groups attached to an aromatic ring is 2. The molecule has 0 aliphatic carbocycles. The van der Waals surface area contributed by atoms with Gasteiger partial charge in [-0.2, -0.15) is 5.10 Å². The van der Waals surface area contributed by atoms with Gasteiger partial charge >= 0.3 is 5.97 Å². The fraction of sp³-hybridized carbons (Fsp3) is 0.500. The second-order valence-corrected chi connectivity index (χ2v) is 2.96. The highest BCUT2D eigenvalue weighted by molar-refractivity contribution is 5.68. The molecule has 0 saturated heterocycles. The molecule has 0 aliphatic rings. The fourth-order valence-corrected chi connectivity index (χ4v) is 1.26. The van der Waals surface area contributed by atoms with Gasteiger partial charge < -0.3 is 16.6 Å². The number of carbonyl (C=O) groups is 1. The Hall–Kier alpha value is -1.72. The van der Waals surface area contributed by atoms with Crippen LogP contribution in [0.2, 0.25) is 0 Å². The first-order valence-corrected chi connectivity index (χ1v) is 4.38. The van der Waals surface area contributed by atoms with Crippen LogP contribution in [0.1, 0.15) is 18.9 Å². The molecule has 0 bridgehead atoms. The molecular weight excluding hydrogens is 184 g/mol. The van der Waals surface area contributed by atoms with Gasteiger partial charge in [-0.05, 0) is 13.3 Å². The first kappa shape index (κ1) is 10.4. The maximum Gasteiger partial charge on any atom is 0.303 e. The van der Waals surface area contributed by atoms with Gasteiger partial charge in [0, 0.05) is 18.5 Å². The smallest absolute Gasteiger partial charge is 0.303 e. The Bertz CT molecular complexity index is 345. The highest BCUT2D eigenvalue weighted by Gasteiger charge is 2.13. The zero-order valence-corrected chi connectivity index (χ0v) is 8.03. The number of carboxylic acids is 1. The van der Waals surface area contributed by atoms with Crippen LogP contribution in [0.5, 0.6) is 0 Å². The van der Waals surface area contributed by atoms with E-state index < -0.39 is 5.97 Å². The standard InChI is InChI=1S/C8H14N4O2/c1-2-12-8(10)5(7(9)11-12)3-4-6(13)14/h2-4,10H2,1H3,(H2,9,11)(H,13,14). The molecule has 1 aromatic heterocycles. The SMILES string of the molecule is CCn1nc(N)c(CCC(=O)O)c1N. The molecule has 0 radical (unpaired) electrons. The van der Waals surface area contributed by atoms with Gasteiger partial charge in [-0.15, -0.1) is 0 Å². The number of nitrogens with zero attached hydrogens (tertiary/aromatic N) is 2. The van der Waals surface area contributed by atoms with E-state index in [1.54, 1.807) is 4.68 Å². The highest BCUT2D eigenvalue weighted by Crippen LogP contribution is 2.20. The van der Waals surface area contributed by atoms with Crippen molar-refractivity contribution in [2.45, 2.75) is 26.3 Å². The molecule has 0 aliphatic heterocycles. The van der Waals surface area contributed by atoms with E-state index >= 15 is 0 Å².